The summed E-state index contributed by atoms with van der Waals surface area (Å²) in [6, 6.07) is 11.4. The minimum atomic E-state index is 0.163. The van der Waals surface area contributed by atoms with Crippen molar-refractivity contribution < 1.29 is 9.47 Å². The van der Waals surface area contributed by atoms with Crippen molar-refractivity contribution in [2.24, 2.45) is 0 Å². The average molecular weight is 255 g/mol. The molecule has 2 aromatic rings. The third-order valence-electron chi connectivity index (χ3n) is 2.73. The SMILES string of the molecule is COc1nc(OC)c(-c2ccccc2)c(N)c1C#N. The molecule has 96 valence electrons. The third kappa shape index (κ3) is 2.16. The second-order valence-electron chi connectivity index (χ2n) is 3.77. The quantitative estimate of drug-likeness (QED) is 0.909. The Kier molecular flexibility index (Phi) is 3.53. The van der Waals surface area contributed by atoms with Crippen LogP contribution in [0.2, 0.25) is 0 Å². The maximum absolute atomic E-state index is 9.17. The molecule has 19 heavy (non-hydrogen) atoms. The van der Waals surface area contributed by atoms with Gasteiger partial charge in [0.2, 0.25) is 11.8 Å². The number of pyridine rings is 1. The van der Waals surface area contributed by atoms with Crippen LogP contribution in [0.15, 0.2) is 30.3 Å². The number of nitrogen functional groups attached to an aromatic ring is 1. The molecule has 0 bridgehead atoms. The molecule has 5 nitrogen and oxygen atoms in total. The third-order valence-corrected chi connectivity index (χ3v) is 2.73. The maximum Gasteiger partial charge on any atom is 0.236 e. The first-order valence-corrected chi connectivity index (χ1v) is 5.59. The number of hydrogen-bond acceptors (Lipinski definition) is 5. The van der Waals surface area contributed by atoms with Crippen molar-refractivity contribution in [3.8, 4) is 29.0 Å². The number of nitrogens with two attached hydrogens (primary N) is 1. The summed E-state index contributed by atoms with van der Waals surface area (Å²) in [6.45, 7) is 0. The van der Waals surface area contributed by atoms with E-state index >= 15 is 0 Å². The van der Waals surface area contributed by atoms with Gasteiger partial charge >= 0.3 is 0 Å². The normalized spacial score (nSPS) is 9.74. The van der Waals surface area contributed by atoms with Gasteiger partial charge in [0.05, 0.1) is 25.5 Å². The van der Waals surface area contributed by atoms with Crippen LogP contribution in [0.3, 0.4) is 0 Å². The van der Waals surface area contributed by atoms with Crippen LogP contribution in [-0.2, 0) is 0 Å². The van der Waals surface area contributed by atoms with E-state index < -0.39 is 0 Å². The zero-order chi connectivity index (χ0) is 13.8. The summed E-state index contributed by atoms with van der Waals surface area (Å²) >= 11 is 0. The van der Waals surface area contributed by atoms with Crippen molar-refractivity contribution in [1.29, 1.82) is 5.26 Å². The Bertz CT molecular complexity index is 633. The smallest absolute Gasteiger partial charge is 0.236 e. The second-order valence-corrected chi connectivity index (χ2v) is 3.77. The molecule has 0 atom stereocenters. The van der Waals surface area contributed by atoms with Gasteiger partial charge < -0.3 is 15.2 Å². The highest BCUT2D eigenvalue weighted by Crippen LogP contribution is 2.39. The van der Waals surface area contributed by atoms with Gasteiger partial charge in [-0.25, -0.2) is 0 Å². The molecule has 1 heterocycles. The van der Waals surface area contributed by atoms with Crippen LogP contribution in [0.25, 0.3) is 11.1 Å². The fraction of sp³-hybridized carbons (Fsp3) is 0.143. The topological polar surface area (TPSA) is 81.2 Å². The number of benzene rings is 1. The van der Waals surface area contributed by atoms with E-state index in [2.05, 4.69) is 4.98 Å². The minimum Gasteiger partial charge on any atom is -0.480 e. The second kappa shape index (κ2) is 5.27. The monoisotopic (exact) mass is 255 g/mol. The lowest BCUT2D eigenvalue weighted by Crippen LogP contribution is -2.04. The van der Waals surface area contributed by atoms with Gasteiger partial charge in [-0.2, -0.15) is 10.2 Å². The van der Waals surface area contributed by atoms with E-state index in [1.54, 1.807) is 0 Å². The highest BCUT2D eigenvalue weighted by Gasteiger charge is 2.20. The lowest BCUT2D eigenvalue weighted by atomic mass is 10.0. The minimum absolute atomic E-state index is 0.163. The number of methoxy groups -OCH3 is 2. The molecule has 0 fully saturated rings. The Labute approximate surface area is 111 Å². The van der Waals surface area contributed by atoms with E-state index in [4.69, 9.17) is 15.2 Å². The molecule has 1 aromatic carbocycles. The molecular weight excluding hydrogens is 242 g/mol. The van der Waals surface area contributed by atoms with Gasteiger partial charge in [0.1, 0.15) is 11.6 Å². The van der Waals surface area contributed by atoms with Crippen molar-refractivity contribution in [3.63, 3.8) is 0 Å². The number of aromatic nitrogens is 1. The number of anilines is 1. The van der Waals surface area contributed by atoms with E-state index in [1.165, 1.54) is 14.2 Å². The Morgan fingerprint density at radius 2 is 1.74 bits per heavy atom. The van der Waals surface area contributed by atoms with Crippen LogP contribution in [0.5, 0.6) is 11.8 Å². The molecule has 0 aliphatic heterocycles. The van der Waals surface area contributed by atoms with Gasteiger partial charge in [0, 0.05) is 0 Å². The number of rotatable bonds is 3. The van der Waals surface area contributed by atoms with Crippen LogP contribution >= 0.6 is 0 Å². The number of nitriles is 1. The first-order chi connectivity index (χ1) is 9.22. The molecule has 1 aromatic heterocycles. The van der Waals surface area contributed by atoms with Gasteiger partial charge in [-0.3, -0.25) is 0 Å². The van der Waals surface area contributed by atoms with Gasteiger partial charge in [-0.05, 0) is 5.56 Å². The predicted octanol–water partition coefficient (Wildman–Crippen LogP) is 2.22. The molecule has 0 unspecified atom stereocenters. The fourth-order valence-corrected chi connectivity index (χ4v) is 1.85. The highest BCUT2D eigenvalue weighted by molar-refractivity contribution is 5.85. The van der Waals surface area contributed by atoms with Crippen molar-refractivity contribution in [1.82, 2.24) is 4.98 Å². The van der Waals surface area contributed by atoms with Crippen molar-refractivity contribution in [3.05, 3.63) is 35.9 Å². The molecule has 0 amide bonds. The summed E-state index contributed by atoms with van der Waals surface area (Å²) in [4.78, 5) is 4.17. The van der Waals surface area contributed by atoms with Crippen LogP contribution in [0, 0.1) is 11.3 Å². The van der Waals surface area contributed by atoms with Crippen molar-refractivity contribution in [2.45, 2.75) is 0 Å². The Morgan fingerprint density at radius 1 is 1.11 bits per heavy atom. The fourth-order valence-electron chi connectivity index (χ4n) is 1.85. The number of hydrogen-bond donors (Lipinski definition) is 1. The summed E-state index contributed by atoms with van der Waals surface area (Å²) in [6.07, 6.45) is 0. The zero-order valence-electron chi connectivity index (χ0n) is 10.7. The molecule has 0 saturated carbocycles. The van der Waals surface area contributed by atoms with E-state index in [0.717, 1.165) is 5.56 Å². The largest absolute Gasteiger partial charge is 0.480 e. The molecule has 5 heteroatoms. The predicted molar refractivity (Wildman–Crippen MR) is 71.9 cm³/mol. The van der Waals surface area contributed by atoms with E-state index in [9.17, 15) is 5.26 Å². The summed E-state index contributed by atoms with van der Waals surface area (Å²) < 4.78 is 10.3. The van der Waals surface area contributed by atoms with Gasteiger partial charge in [-0.1, -0.05) is 30.3 Å². The van der Waals surface area contributed by atoms with Crippen molar-refractivity contribution in [2.75, 3.05) is 20.0 Å². The maximum atomic E-state index is 9.17. The Balaban J connectivity index is 2.77. The van der Waals surface area contributed by atoms with Gasteiger partial charge in [0.25, 0.3) is 0 Å². The molecule has 0 spiro atoms. The molecule has 2 N–H and O–H groups in total. The Hall–Kier alpha value is -2.74. The summed E-state index contributed by atoms with van der Waals surface area (Å²) in [5, 5.41) is 9.17. The summed E-state index contributed by atoms with van der Waals surface area (Å²) in [5.74, 6) is 0.496. The highest BCUT2D eigenvalue weighted by atomic mass is 16.5. The summed E-state index contributed by atoms with van der Waals surface area (Å²) in [7, 11) is 2.93. The summed E-state index contributed by atoms with van der Waals surface area (Å²) in [5.41, 5.74) is 8.00. The van der Waals surface area contributed by atoms with E-state index in [1.807, 2.05) is 36.4 Å². The molecule has 0 saturated heterocycles. The zero-order valence-corrected chi connectivity index (χ0v) is 10.7. The van der Waals surface area contributed by atoms with Gasteiger partial charge in [0.15, 0.2) is 0 Å². The van der Waals surface area contributed by atoms with E-state index in [-0.39, 0.29) is 11.4 Å². The van der Waals surface area contributed by atoms with Crippen LogP contribution in [0.4, 0.5) is 5.69 Å². The number of ether oxygens (including phenoxy) is 2. The molecular formula is C14H13N3O2. The average Bonchev–Trinajstić information content (AvgIpc) is 2.46. The van der Waals surface area contributed by atoms with Crippen LogP contribution in [-0.4, -0.2) is 19.2 Å². The Morgan fingerprint density at radius 3 is 2.26 bits per heavy atom. The number of nitrogens with zero attached hydrogens (tertiary/aromatic N) is 2. The molecule has 2 rings (SSSR count). The molecule has 0 aliphatic rings. The van der Waals surface area contributed by atoms with E-state index in [0.29, 0.717) is 17.1 Å². The lowest BCUT2D eigenvalue weighted by Gasteiger charge is -2.14. The van der Waals surface area contributed by atoms with Crippen LogP contribution in [0.1, 0.15) is 5.56 Å². The molecule has 0 aliphatic carbocycles. The first kappa shape index (κ1) is 12.7. The van der Waals surface area contributed by atoms with Crippen LogP contribution < -0.4 is 15.2 Å². The molecule has 0 radical (unpaired) electrons. The van der Waals surface area contributed by atoms with Crippen molar-refractivity contribution >= 4 is 5.69 Å². The van der Waals surface area contributed by atoms with Gasteiger partial charge in [-0.15, -0.1) is 0 Å². The standard InChI is InChI=1S/C14H13N3O2/c1-18-13-10(8-15)12(16)11(14(17-13)19-2)9-6-4-3-5-7-9/h3-7H,1-2H3,(H2,16,17). The lowest BCUT2D eigenvalue weighted by molar-refractivity contribution is 0.365. The first-order valence-electron chi connectivity index (χ1n) is 5.59.